The number of rotatable bonds is 6. The van der Waals surface area contributed by atoms with Gasteiger partial charge in [-0.05, 0) is 18.4 Å². The summed E-state index contributed by atoms with van der Waals surface area (Å²) in [4.78, 5) is 15.4. The molecular formula is C20H33Cl2N3OS. The van der Waals surface area contributed by atoms with Crippen molar-refractivity contribution in [1.29, 1.82) is 0 Å². The summed E-state index contributed by atoms with van der Waals surface area (Å²) < 4.78 is 0. The average Bonchev–Trinajstić information content (AvgIpc) is 3.16. The summed E-state index contributed by atoms with van der Waals surface area (Å²) in [5.41, 5.74) is 7.52. The summed E-state index contributed by atoms with van der Waals surface area (Å²) >= 11 is 2.04. The Morgan fingerprint density at radius 2 is 1.78 bits per heavy atom. The quantitative estimate of drug-likeness (QED) is 0.718. The van der Waals surface area contributed by atoms with E-state index in [9.17, 15) is 4.79 Å². The van der Waals surface area contributed by atoms with Crippen LogP contribution in [0, 0.1) is 5.92 Å². The summed E-state index contributed by atoms with van der Waals surface area (Å²) in [5, 5.41) is 3.25. The van der Waals surface area contributed by atoms with Crippen LogP contribution in [0.25, 0.3) is 0 Å². The SMILES string of the molecule is CC(C(=O)NCC1(N2CCSCC2)CCCC1)C(N)c1ccccc1.Cl.Cl. The summed E-state index contributed by atoms with van der Waals surface area (Å²) in [6.07, 6.45) is 4.96. The second-order valence-corrected chi connectivity index (χ2v) is 8.70. The molecule has 0 aromatic heterocycles. The second kappa shape index (κ2) is 11.5. The lowest BCUT2D eigenvalue weighted by atomic mass is 9.92. The van der Waals surface area contributed by atoms with E-state index in [2.05, 4.69) is 10.2 Å². The van der Waals surface area contributed by atoms with Crippen molar-refractivity contribution in [3.8, 4) is 0 Å². The summed E-state index contributed by atoms with van der Waals surface area (Å²) in [7, 11) is 0. The van der Waals surface area contributed by atoms with Crippen LogP contribution >= 0.6 is 36.6 Å². The number of halogens is 2. The highest BCUT2D eigenvalue weighted by Gasteiger charge is 2.40. The van der Waals surface area contributed by atoms with Crippen molar-refractivity contribution in [2.24, 2.45) is 11.7 Å². The standard InChI is InChI=1S/C20H31N3OS.2ClH/c1-16(18(21)17-7-3-2-4-8-17)19(24)22-15-20(9-5-6-10-20)23-11-13-25-14-12-23;;/h2-4,7-8,16,18H,5-6,9-15,21H2,1H3,(H,22,24);2*1H. The third-order valence-electron chi connectivity index (χ3n) is 5.94. The molecule has 1 aliphatic heterocycles. The van der Waals surface area contributed by atoms with Crippen molar-refractivity contribution >= 4 is 42.5 Å². The number of hydrogen-bond acceptors (Lipinski definition) is 4. The van der Waals surface area contributed by atoms with Gasteiger partial charge in [0.05, 0.1) is 5.92 Å². The molecule has 1 aliphatic carbocycles. The Morgan fingerprint density at radius 1 is 1.19 bits per heavy atom. The molecule has 3 N–H and O–H groups in total. The third kappa shape index (κ3) is 6.01. The van der Waals surface area contributed by atoms with Gasteiger partial charge < -0.3 is 11.1 Å². The van der Waals surface area contributed by atoms with Gasteiger partial charge in [0.25, 0.3) is 0 Å². The lowest BCUT2D eigenvalue weighted by molar-refractivity contribution is -0.125. The Labute approximate surface area is 180 Å². The van der Waals surface area contributed by atoms with Gasteiger partial charge in [0.1, 0.15) is 0 Å². The van der Waals surface area contributed by atoms with E-state index >= 15 is 0 Å². The topological polar surface area (TPSA) is 58.4 Å². The molecule has 1 heterocycles. The number of nitrogens with zero attached hydrogens (tertiary/aromatic N) is 1. The Hall–Kier alpha value is -0.460. The zero-order valence-electron chi connectivity index (χ0n) is 16.1. The summed E-state index contributed by atoms with van der Waals surface area (Å²) in [6.45, 7) is 5.01. The van der Waals surface area contributed by atoms with Crippen LogP contribution in [-0.4, -0.2) is 47.5 Å². The predicted octanol–water partition coefficient (Wildman–Crippen LogP) is 3.64. The van der Waals surface area contributed by atoms with E-state index in [-0.39, 0.29) is 48.2 Å². The molecule has 0 radical (unpaired) electrons. The van der Waals surface area contributed by atoms with E-state index in [1.165, 1.54) is 37.2 Å². The number of carbonyl (C=O) groups is 1. The monoisotopic (exact) mass is 433 g/mol. The minimum atomic E-state index is -0.257. The van der Waals surface area contributed by atoms with E-state index in [0.29, 0.717) is 0 Å². The molecule has 0 bridgehead atoms. The first kappa shape index (κ1) is 24.6. The van der Waals surface area contributed by atoms with Crippen molar-refractivity contribution in [2.75, 3.05) is 31.1 Å². The highest BCUT2D eigenvalue weighted by atomic mass is 35.5. The van der Waals surface area contributed by atoms with Crippen LogP contribution in [-0.2, 0) is 4.79 Å². The van der Waals surface area contributed by atoms with Crippen molar-refractivity contribution < 1.29 is 4.79 Å². The highest BCUT2D eigenvalue weighted by Crippen LogP contribution is 2.36. The number of carbonyl (C=O) groups excluding carboxylic acids is 1. The van der Waals surface area contributed by atoms with E-state index in [4.69, 9.17) is 5.73 Å². The lowest BCUT2D eigenvalue weighted by Crippen LogP contribution is -2.57. The fourth-order valence-corrected chi connectivity index (χ4v) is 5.12. The Bertz CT molecular complexity index is 564. The van der Waals surface area contributed by atoms with Crippen molar-refractivity contribution in [2.45, 2.75) is 44.2 Å². The molecule has 7 heteroatoms. The zero-order valence-corrected chi connectivity index (χ0v) is 18.5. The molecule has 4 nitrogen and oxygen atoms in total. The van der Waals surface area contributed by atoms with Gasteiger partial charge >= 0.3 is 0 Å². The number of hydrogen-bond donors (Lipinski definition) is 2. The molecule has 2 aliphatic rings. The van der Waals surface area contributed by atoms with Gasteiger partial charge in [-0.3, -0.25) is 9.69 Å². The normalized spacial score (nSPS) is 21.4. The average molecular weight is 434 g/mol. The van der Waals surface area contributed by atoms with Crippen LogP contribution in [0.1, 0.15) is 44.2 Å². The van der Waals surface area contributed by atoms with Gasteiger partial charge in [0, 0.05) is 42.7 Å². The van der Waals surface area contributed by atoms with E-state index in [1.54, 1.807) is 0 Å². The van der Waals surface area contributed by atoms with Gasteiger partial charge in [0.15, 0.2) is 0 Å². The zero-order chi connectivity index (χ0) is 17.7. The van der Waals surface area contributed by atoms with Crippen molar-refractivity contribution in [1.82, 2.24) is 10.2 Å². The van der Waals surface area contributed by atoms with Crippen LogP contribution in [0.4, 0.5) is 0 Å². The van der Waals surface area contributed by atoms with Crippen LogP contribution < -0.4 is 11.1 Å². The Kier molecular flexibility index (Phi) is 10.5. The van der Waals surface area contributed by atoms with Gasteiger partial charge in [0.2, 0.25) is 5.91 Å². The fourth-order valence-electron chi connectivity index (χ4n) is 4.22. The minimum absolute atomic E-state index is 0. The first-order valence-electron chi connectivity index (χ1n) is 9.53. The molecule has 0 spiro atoms. The fraction of sp³-hybridized carbons (Fsp3) is 0.650. The first-order chi connectivity index (χ1) is 12.1. The summed E-state index contributed by atoms with van der Waals surface area (Å²) in [5.74, 6) is 2.28. The van der Waals surface area contributed by atoms with Gasteiger partial charge in [-0.2, -0.15) is 11.8 Å². The number of nitrogens with one attached hydrogen (secondary N) is 1. The van der Waals surface area contributed by atoms with Crippen LogP contribution in [0.5, 0.6) is 0 Å². The first-order valence-corrected chi connectivity index (χ1v) is 10.7. The third-order valence-corrected chi connectivity index (χ3v) is 6.89. The molecule has 2 fully saturated rings. The molecule has 1 aromatic rings. The van der Waals surface area contributed by atoms with Gasteiger partial charge in [-0.1, -0.05) is 50.1 Å². The second-order valence-electron chi connectivity index (χ2n) is 7.47. The van der Waals surface area contributed by atoms with Crippen molar-refractivity contribution in [3.63, 3.8) is 0 Å². The van der Waals surface area contributed by atoms with E-state index in [0.717, 1.165) is 25.2 Å². The van der Waals surface area contributed by atoms with Crippen molar-refractivity contribution in [3.05, 3.63) is 35.9 Å². The molecular weight excluding hydrogens is 401 g/mol. The number of thioether (sulfide) groups is 1. The molecule has 2 unspecified atom stereocenters. The lowest BCUT2D eigenvalue weighted by Gasteiger charge is -2.43. The van der Waals surface area contributed by atoms with Crippen LogP contribution in [0.3, 0.4) is 0 Å². The van der Waals surface area contributed by atoms with E-state index in [1.807, 2.05) is 49.0 Å². The molecule has 1 amide bonds. The molecule has 1 saturated heterocycles. The van der Waals surface area contributed by atoms with Gasteiger partial charge in [-0.15, -0.1) is 24.8 Å². The van der Waals surface area contributed by atoms with Crippen LogP contribution in [0.15, 0.2) is 30.3 Å². The summed E-state index contributed by atoms with van der Waals surface area (Å²) in [6, 6.07) is 9.66. The van der Waals surface area contributed by atoms with Gasteiger partial charge in [-0.25, -0.2) is 0 Å². The maximum Gasteiger partial charge on any atom is 0.224 e. The molecule has 3 rings (SSSR count). The Balaban J connectivity index is 0.00000182. The predicted molar refractivity (Wildman–Crippen MR) is 120 cm³/mol. The maximum atomic E-state index is 12.7. The number of amides is 1. The largest absolute Gasteiger partial charge is 0.354 e. The maximum absolute atomic E-state index is 12.7. The molecule has 27 heavy (non-hydrogen) atoms. The molecule has 2 atom stereocenters. The smallest absolute Gasteiger partial charge is 0.224 e. The minimum Gasteiger partial charge on any atom is -0.354 e. The Morgan fingerprint density at radius 3 is 2.37 bits per heavy atom. The van der Waals surface area contributed by atoms with E-state index < -0.39 is 0 Å². The number of nitrogens with two attached hydrogens (primary N) is 1. The molecule has 1 saturated carbocycles. The highest BCUT2D eigenvalue weighted by molar-refractivity contribution is 7.99. The molecule has 1 aromatic carbocycles. The number of benzene rings is 1. The van der Waals surface area contributed by atoms with Crippen LogP contribution in [0.2, 0.25) is 0 Å². The molecule has 154 valence electrons.